The van der Waals surface area contributed by atoms with Gasteiger partial charge in [-0.1, -0.05) is 11.8 Å². The summed E-state index contributed by atoms with van der Waals surface area (Å²) in [6, 6.07) is 9.52. The van der Waals surface area contributed by atoms with Gasteiger partial charge in [0.15, 0.2) is 0 Å². The van der Waals surface area contributed by atoms with Crippen molar-refractivity contribution in [2.24, 2.45) is 0 Å². The van der Waals surface area contributed by atoms with Crippen LogP contribution in [0.2, 0.25) is 0 Å². The lowest BCUT2D eigenvalue weighted by Crippen LogP contribution is -2.02. The van der Waals surface area contributed by atoms with Gasteiger partial charge in [0.1, 0.15) is 17.2 Å². The number of aryl methyl sites for hydroxylation is 1. The fourth-order valence-electron chi connectivity index (χ4n) is 3.09. The summed E-state index contributed by atoms with van der Waals surface area (Å²) in [5.41, 5.74) is 3.50. The average Bonchev–Trinajstić information content (AvgIpc) is 3.19. The molecular weight excluding hydrogens is 402 g/mol. The smallest absolute Gasteiger partial charge is 0.253 e. The van der Waals surface area contributed by atoms with Crippen LogP contribution in [-0.2, 0) is 5.75 Å². The molecule has 0 saturated heterocycles. The minimum atomic E-state index is 0.516. The van der Waals surface area contributed by atoms with Crippen molar-refractivity contribution in [3.8, 4) is 28.5 Å². The molecule has 0 saturated carbocycles. The normalized spacial score (nSPS) is 10.9. The topological polar surface area (TPSA) is 83.7 Å². The van der Waals surface area contributed by atoms with E-state index in [9.17, 15) is 0 Å². The highest BCUT2D eigenvalue weighted by atomic mass is 32.2. The van der Waals surface area contributed by atoms with E-state index in [4.69, 9.17) is 14.2 Å². The lowest BCUT2D eigenvalue weighted by molar-refractivity contribution is 0.377. The minimum absolute atomic E-state index is 0.516. The first-order valence-corrected chi connectivity index (χ1v) is 10.2. The van der Waals surface area contributed by atoms with E-state index in [1.807, 2.05) is 37.3 Å². The van der Waals surface area contributed by atoms with Gasteiger partial charge in [-0.05, 0) is 30.7 Å². The molecule has 0 radical (unpaired) electrons. The number of benzene rings is 1. The van der Waals surface area contributed by atoms with E-state index in [1.165, 1.54) is 0 Å². The number of pyridine rings is 1. The summed E-state index contributed by atoms with van der Waals surface area (Å²) in [5.74, 6) is 3.12. The van der Waals surface area contributed by atoms with Crippen molar-refractivity contribution in [1.82, 2.24) is 24.6 Å². The van der Waals surface area contributed by atoms with Crippen LogP contribution < -0.4 is 14.2 Å². The van der Waals surface area contributed by atoms with Crippen LogP contribution in [0.4, 0.5) is 0 Å². The molecular formula is C21H21N5O3S. The zero-order valence-corrected chi connectivity index (χ0v) is 17.9. The average molecular weight is 423 g/mol. The maximum atomic E-state index is 5.63. The van der Waals surface area contributed by atoms with Crippen LogP contribution >= 0.6 is 11.8 Å². The molecule has 9 heteroatoms. The van der Waals surface area contributed by atoms with Gasteiger partial charge in [0, 0.05) is 36.0 Å². The van der Waals surface area contributed by atoms with Crippen LogP contribution in [0.5, 0.6) is 17.2 Å². The predicted octanol–water partition coefficient (Wildman–Crippen LogP) is 3.81. The fourth-order valence-corrected chi connectivity index (χ4v) is 3.87. The van der Waals surface area contributed by atoms with Crippen molar-refractivity contribution in [3.05, 3.63) is 54.0 Å². The Labute approximate surface area is 178 Å². The van der Waals surface area contributed by atoms with E-state index in [0.717, 1.165) is 28.3 Å². The van der Waals surface area contributed by atoms with Crippen molar-refractivity contribution in [1.29, 1.82) is 0 Å². The summed E-state index contributed by atoms with van der Waals surface area (Å²) in [5, 5.41) is 5.32. The Kier molecular flexibility index (Phi) is 5.71. The number of aromatic nitrogens is 5. The molecule has 4 rings (SSSR count). The molecule has 4 aromatic rings. The van der Waals surface area contributed by atoms with Gasteiger partial charge in [-0.3, -0.25) is 4.98 Å². The molecule has 0 spiro atoms. The van der Waals surface area contributed by atoms with E-state index in [0.29, 0.717) is 28.2 Å². The third-order valence-electron chi connectivity index (χ3n) is 4.51. The Morgan fingerprint density at radius 1 is 0.933 bits per heavy atom. The highest BCUT2D eigenvalue weighted by molar-refractivity contribution is 7.98. The maximum absolute atomic E-state index is 5.63. The monoisotopic (exact) mass is 423 g/mol. The Morgan fingerprint density at radius 3 is 2.27 bits per heavy atom. The molecule has 8 nitrogen and oxygen atoms in total. The molecule has 0 aliphatic rings. The molecule has 1 aromatic carbocycles. The second-order valence-electron chi connectivity index (χ2n) is 6.44. The van der Waals surface area contributed by atoms with Crippen molar-refractivity contribution < 1.29 is 14.2 Å². The van der Waals surface area contributed by atoms with E-state index >= 15 is 0 Å². The first-order chi connectivity index (χ1) is 14.6. The molecule has 0 aliphatic carbocycles. The highest BCUT2D eigenvalue weighted by Crippen LogP contribution is 2.42. The van der Waals surface area contributed by atoms with Gasteiger partial charge in [0.2, 0.25) is 5.16 Å². The Balaban J connectivity index is 1.81. The second-order valence-corrected chi connectivity index (χ2v) is 7.38. The van der Waals surface area contributed by atoms with Crippen molar-refractivity contribution in [2.75, 3.05) is 21.3 Å². The number of fused-ring (bicyclic) bond motifs is 1. The second kappa shape index (κ2) is 8.58. The van der Waals surface area contributed by atoms with Crippen molar-refractivity contribution >= 4 is 17.5 Å². The predicted molar refractivity (Wildman–Crippen MR) is 114 cm³/mol. The summed E-state index contributed by atoms with van der Waals surface area (Å²) in [4.78, 5) is 13.2. The van der Waals surface area contributed by atoms with E-state index in [1.54, 1.807) is 50.0 Å². The molecule has 3 aromatic heterocycles. The molecule has 3 heterocycles. The quantitative estimate of drug-likeness (QED) is 0.415. The number of rotatable bonds is 7. The van der Waals surface area contributed by atoms with Crippen LogP contribution in [0.3, 0.4) is 0 Å². The van der Waals surface area contributed by atoms with Gasteiger partial charge in [0.25, 0.3) is 5.78 Å². The maximum Gasteiger partial charge on any atom is 0.253 e. The highest BCUT2D eigenvalue weighted by Gasteiger charge is 2.20. The standard InChI is InChI=1S/C21H21N5O3S/c1-13-9-16(19-17(28-3)10-15(27-2)11-18(19)29-4)26-20(23-13)24-21(25-26)30-12-14-5-7-22-8-6-14/h5-11H,12H2,1-4H3. The summed E-state index contributed by atoms with van der Waals surface area (Å²) in [7, 11) is 4.83. The number of hydrogen-bond donors (Lipinski definition) is 0. The summed E-state index contributed by atoms with van der Waals surface area (Å²) >= 11 is 1.54. The largest absolute Gasteiger partial charge is 0.496 e. The third kappa shape index (κ3) is 3.88. The van der Waals surface area contributed by atoms with E-state index in [2.05, 4.69) is 20.1 Å². The minimum Gasteiger partial charge on any atom is -0.496 e. The van der Waals surface area contributed by atoms with Gasteiger partial charge < -0.3 is 14.2 Å². The first-order valence-electron chi connectivity index (χ1n) is 9.19. The zero-order chi connectivity index (χ0) is 21.1. The summed E-state index contributed by atoms with van der Waals surface area (Å²) in [6.45, 7) is 1.92. The van der Waals surface area contributed by atoms with Crippen LogP contribution in [-0.4, -0.2) is 45.9 Å². The van der Waals surface area contributed by atoms with Crippen LogP contribution in [0.25, 0.3) is 17.0 Å². The SMILES string of the molecule is COc1cc(OC)c(-c2cc(C)nc3nc(SCc4ccncc4)nn23)c(OC)c1. The van der Waals surface area contributed by atoms with Crippen molar-refractivity contribution in [2.45, 2.75) is 17.8 Å². The molecule has 0 aliphatic heterocycles. The number of nitrogens with zero attached hydrogens (tertiary/aromatic N) is 5. The Morgan fingerprint density at radius 2 is 1.63 bits per heavy atom. The molecule has 154 valence electrons. The molecule has 0 N–H and O–H groups in total. The molecule has 30 heavy (non-hydrogen) atoms. The molecule has 0 atom stereocenters. The molecule has 0 fully saturated rings. The number of thioether (sulfide) groups is 1. The van der Waals surface area contributed by atoms with Gasteiger partial charge in [-0.25, -0.2) is 4.98 Å². The van der Waals surface area contributed by atoms with Gasteiger partial charge in [0.05, 0.1) is 32.6 Å². The van der Waals surface area contributed by atoms with Crippen LogP contribution in [0, 0.1) is 6.92 Å². The zero-order valence-electron chi connectivity index (χ0n) is 17.1. The van der Waals surface area contributed by atoms with Crippen molar-refractivity contribution in [3.63, 3.8) is 0 Å². The fraction of sp³-hybridized carbons (Fsp3) is 0.238. The number of hydrogen-bond acceptors (Lipinski definition) is 8. The molecule has 0 amide bonds. The van der Waals surface area contributed by atoms with Gasteiger partial charge >= 0.3 is 0 Å². The molecule has 0 bridgehead atoms. The van der Waals surface area contributed by atoms with E-state index < -0.39 is 0 Å². The lowest BCUT2D eigenvalue weighted by atomic mass is 10.1. The Bertz CT molecular complexity index is 1160. The number of methoxy groups -OCH3 is 3. The molecule has 0 unspecified atom stereocenters. The Hall–Kier alpha value is -3.33. The number of ether oxygens (including phenoxy) is 3. The van der Waals surface area contributed by atoms with Crippen LogP contribution in [0.1, 0.15) is 11.3 Å². The van der Waals surface area contributed by atoms with Gasteiger partial charge in [-0.2, -0.15) is 9.50 Å². The lowest BCUT2D eigenvalue weighted by Gasteiger charge is -2.16. The first kappa shape index (κ1) is 20.0. The summed E-state index contributed by atoms with van der Waals surface area (Å²) < 4.78 is 18.3. The van der Waals surface area contributed by atoms with Crippen LogP contribution in [0.15, 0.2) is 47.9 Å². The van der Waals surface area contributed by atoms with E-state index in [-0.39, 0.29) is 0 Å². The summed E-state index contributed by atoms with van der Waals surface area (Å²) in [6.07, 6.45) is 3.55. The third-order valence-corrected chi connectivity index (χ3v) is 5.42. The van der Waals surface area contributed by atoms with Gasteiger partial charge in [-0.15, -0.1) is 5.10 Å².